The van der Waals surface area contributed by atoms with Crippen LogP contribution in [-0.2, 0) is 11.3 Å². The number of rotatable bonds is 7. The number of hydrogen-bond donors (Lipinski definition) is 1. The molecule has 1 atom stereocenters. The molecule has 20 heavy (non-hydrogen) atoms. The molecule has 0 spiro atoms. The molecule has 0 aliphatic rings. The number of benzene rings is 1. The summed E-state index contributed by atoms with van der Waals surface area (Å²) in [4.78, 5) is 0. The van der Waals surface area contributed by atoms with Gasteiger partial charge < -0.3 is 19.0 Å². The molecule has 0 amide bonds. The SMILES string of the molecule is Cc1cc(C)cc(OCC(O)COCc2ccco2)c1. The van der Waals surface area contributed by atoms with Gasteiger partial charge in [0.05, 0.1) is 12.9 Å². The van der Waals surface area contributed by atoms with E-state index in [2.05, 4.69) is 6.07 Å². The lowest BCUT2D eigenvalue weighted by Gasteiger charge is -2.13. The third-order valence-corrected chi connectivity index (χ3v) is 2.77. The van der Waals surface area contributed by atoms with Crippen LogP contribution in [0.2, 0.25) is 0 Å². The fourth-order valence-corrected chi connectivity index (χ4v) is 1.95. The molecule has 0 aliphatic heterocycles. The molecule has 0 fully saturated rings. The average Bonchev–Trinajstić information content (AvgIpc) is 2.88. The first-order chi connectivity index (χ1) is 9.63. The first-order valence-corrected chi connectivity index (χ1v) is 6.63. The Morgan fingerprint density at radius 2 is 1.90 bits per heavy atom. The largest absolute Gasteiger partial charge is 0.491 e. The summed E-state index contributed by atoms with van der Waals surface area (Å²) < 4.78 is 16.0. The molecule has 0 radical (unpaired) electrons. The zero-order valence-electron chi connectivity index (χ0n) is 11.8. The lowest BCUT2D eigenvalue weighted by molar-refractivity contribution is 0.000862. The molecule has 1 aromatic heterocycles. The summed E-state index contributed by atoms with van der Waals surface area (Å²) in [6, 6.07) is 9.61. The Hall–Kier alpha value is -1.78. The predicted molar refractivity (Wildman–Crippen MR) is 75.8 cm³/mol. The van der Waals surface area contributed by atoms with Gasteiger partial charge in [-0.15, -0.1) is 0 Å². The summed E-state index contributed by atoms with van der Waals surface area (Å²) in [7, 11) is 0. The molecule has 0 bridgehead atoms. The highest BCUT2D eigenvalue weighted by Gasteiger charge is 2.07. The smallest absolute Gasteiger partial charge is 0.129 e. The monoisotopic (exact) mass is 276 g/mol. The second-order valence-corrected chi connectivity index (χ2v) is 4.88. The highest BCUT2D eigenvalue weighted by atomic mass is 16.5. The van der Waals surface area contributed by atoms with Gasteiger partial charge >= 0.3 is 0 Å². The molecule has 0 saturated carbocycles. The van der Waals surface area contributed by atoms with Crippen molar-refractivity contribution in [3.63, 3.8) is 0 Å². The summed E-state index contributed by atoms with van der Waals surface area (Å²) in [6.45, 7) is 4.81. The van der Waals surface area contributed by atoms with Crippen molar-refractivity contribution in [2.24, 2.45) is 0 Å². The molecule has 4 heteroatoms. The van der Waals surface area contributed by atoms with Crippen molar-refractivity contribution in [1.82, 2.24) is 0 Å². The van der Waals surface area contributed by atoms with Crippen LogP contribution >= 0.6 is 0 Å². The summed E-state index contributed by atoms with van der Waals surface area (Å²) in [5.41, 5.74) is 2.28. The lowest BCUT2D eigenvalue weighted by Crippen LogP contribution is -2.23. The fraction of sp³-hybridized carbons (Fsp3) is 0.375. The van der Waals surface area contributed by atoms with Crippen molar-refractivity contribution in [3.8, 4) is 5.75 Å². The molecular formula is C16H20O4. The zero-order valence-corrected chi connectivity index (χ0v) is 11.8. The quantitative estimate of drug-likeness (QED) is 0.845. The lowest BCUT2D eigenvalue weighted by atomic mass is 10.1. The van der Waals surface area contributed by atoms with Gasteiger partial charge in [-0.1, -0.05) is 6.07 Å². The Bertz CT molecular complexity index is 499. The van der Waals surface area contributed by atoms with E-state index in [1.807, 2.05) is 32.0 Å². The minimum atomic E-state index is -0.661. The van der Waals surface area contributed by atoms with E-state index in [1.54, 1.807) is 12.3 Å². The van der Waals surface area contributed by atoms with Gasteiger partial charge in [0.25, 0.3) is 0 Å². The third-order valence-electron chi connectivity index (χ3n) is 2.77. The molecule has 2 rings (SSSR count). The van der Waals surface area contributed by atoms with Crippen molar-refractivity contribution < 1.29 is 19.0 Å². The second kappa shape index (κ2) is 7.12. The molecule has 1 unspecified atom stereocenters. The number of aryl methyl sites for hydroxylation is 2. The van der Waals surface area contributed by atoms with Gasteiger partial charge in [0.15, 0.2) is 0 Å². The van der Waals surface area contributed by atoms with E-state index in [-0.39, 0.29) is 13.2 Å². The Morgan fingerprint density at radius 3 is 2.55 bits per heavy atom. The molecule has 0 aliphatic carbocycles. The van der Waals surface area contributed by atoms with E-state index in [0.29, 0.717) is 6.61 Å². The van der Waals surface area contributed by atoms with E-state index in [4.69, 9.17) is 13.9 Å². The van der Waals surface area contributed by atoms with Crippen LogP contribution in [0.3, 0.4) is 0 Å². The summed E-state index contributed by atoms with van der Waals surface area (Å²) in [6.07, 6.45) is 0.934. The Kier molecular flexibility index (Phi) is 5.21. The van der Waals surface area contributed by atoms with Crippen LogP contribution in [0.25, 0.3) is 0 Å². The number of ether oxygens (including phenoxy) is 2. The topological polar surface area (TPSA) is 51.8 Å². The van der Waals surface area contributed by atoms with E-state index >= 15 is 0 Å². The van der Waals surface area contributed by atoms with Gasteiger partial charge in [0, 0.05) is 0 Å². The van der Waals surface area contributed by atoms with E-state index in [1.165, 1.54) is 0 Å². The van der Waals surface area contributed by atoms with E-state index in [9.17, 15) is 5.11 Å². The first kappa shape index (κ1) is 14.6. The number of aliphatic hydroxyl groups is 1. The molecule has 0 saturated heterocycles. The normalized spacial score (nSPS) is 12.3. The van der Waals surface area contributed by atoms with Gasteiger partial charge in [-0.2, -0.15) is 0 Å². The molecule has 4 nitrogen and oxygen atoms in total. The Morgan fingerprint density at radius 1 is 1.15 bits per heavy atom. The van der Waals surface area contributed by atoms with Gasteiger partial charge in [-0.3, -0.25) is 0 Å². The van der Waals surface area contributed by atoms with Crippen molar-refractivity contribution in [2.45, 2.75) is 26.6 Å². The van der Waals surface area contributed by atoms with Crippen LogP contribution in [0.5, 0.6) is 5.75 Å². The predicted octanol–water partition coefficient (Wildman–Crippen LogP) is 2.85. The maximum atomic E-state index is 9.80. The molecule has 108 valence electrons. The average molecular weight is 276 g/mol. The summed E-state index contributed by atoms with van der Waals surface area (Å²) in [5.74, 6) is 1.51. The van der Waals surface area contributed by atoms with Crippen LogP contribution in [-0.4, -0.2) is 24.4 Å². The van der Waals surface area contributed by atoms with E-state index in [0.717, 1.165) is 22.6 Å². The van der Waals surface area contributed by atoms with Gasteiger partial charge in [0.2, 0.25) is 0 Å². The number of aliphatic hydroxyl groups excluding tert-OH is 1. The molecule has 1 aromatic carbocycles. The van der Waals surface area contributed by atoms with Gasteiger partial charge in [0.1, 0.15) is 30.8 Å². The van der Waals surface area contributed by atoms with Crippen LogP contribution in [0.15, 0.2) is 41.0 Å². The van der Waals surface area contributed by atoms with Crippen LogP contribution in [0.1, 0.15) is 16.9 Å². The molecule has 1 N–H and O–H groups in total. The maximum absolute atomic E-state index is 9.80. The van der Waals surface area contributed by atoms with Crippen molar-refractivity contribution in [2.75, 3.05) is 13.2 Å². The van der Waals surface area contributed by atoms with Gasteiger partial charge in [-0.25, -0.2) is 0 Å². The van der Waals surface area contributed by atoms with Crippen molar-refractivity contribution >= 4 is 0 Å². The Labute approximate surface area is 118 Å². The fourth-order valence-electron chi connectivity index (χ4n) is 1.95. The minimum absolute atomic E-state index is 0.209. The zero-order chi connectivity index (χ0) is 14.4. The second-order valence-electron chi connectivity index (χ2n) is 4.88. The number of hydrogen-bond acceptors (Lipinski definition) is 4. The minimum Gasteiger partial charge on any atom is -0.491 e. The van der Waals surface area contributed by atoms with Crippen LogP contribution < -0.4 is 4.74 Å². The number of furan rings is 1. The molecule has 1 heterocycles. The van der Waals surface area contributed by atoms with Gasteiger partial charge in [-0.05, 0) is 49.2 Å². The summed E-state index contributed by atoms with van der Waals surface area (Å²) >= 11 is 0. The van der Waals surface area contributed by atoms with Crippen molar-refractivity contribution in [3.05, 3.63) is 53.5 Å². The Balaban J connectivity index is 1.70. The molecular weight excluding hydrogens is 256 g/mol. The van der Waals surface area contributed by atoms with Crippen molar-refractivity contribution in [1.29, 1.82) is 0 Å². The maximum Gasteiger partial charge on any atom is 0.129 e. The molecule has 2 aromatic rings. The highest BCUT2D eigenvalue weighted by molar-refractivity contribution is 5.32. The van der Waals surface area contributed by atoms with Crippen LogP contribution in [0.4, 0.5) is 0 Å². The van der Waals surface area contributed by atoms with Crippen LogP contribution in [0, 0.1) is 13.8 Å². The third kappa shape index (κ3) is 4.72. The van der Waals surface area contributed by atoms with E-state index < -0.39 is 6.10 Å². The summed E-state index contributed by atoms with van der Waals surface area (Å²) in [5, 5.41) is 9.80. The first-order valence-electron chi connectivity index (χ1n) is 6.63. The highest BCUT2D eigenvalue weighted by Crippen LogP contribution is 2.16. The standard InChI is InChI=1S/C16H20O4/c1-12-6-13(2)8-16(7-12)20-10-14(17)9-18-11-15-4-3-5-19-15/h3-8,14,17H,9-11H2,1-2H3.